The Morgan fingerprint density at radius 3 is 2.57 bits per heavy atom. The number of aliphatic carboxylic acids is 1. The molecule has 2 amide bonds. The molecule has 114 valence electrons. The first-order chi connectivity index (χ1) is 9.94. The Bertz CT molecular complexity index is 529. The normalized spacial score (nSPS) is 21.7. The van der Waals surface area contributed by atoms with Crippen LogP contribution in [0.3, 0.4) is 0 Å². The van der Waals surface area contributed by atoms with E-state index in [4.69, 9.17) is 4.74 Å². The van der Waals surface area contributed by atoms with Crippen LogP contribution in [0.25, 0.3) is 0 Å². The number of amides is 2. The second-order valence-corrected chi connectivity index (χ2v) is 5.55. The topological polar surface area (TPSA) is 78.9 Å². The third kappa shape index (κ3) is 3.45. The van der Waals surface area contributed by atoms with Gasteiger partial charge in [-0.3, -0.25) is 4.79 Å². The maximum absolute atomic E-state index is 12.2. The molecular formula is C15H20N2O4. The van der Waals surface area contributed by atoms with E-state index in [0.717, 1.165) is 0 Å². The fourth-order valence-corrected chi connectivity index (χ4v) is 2.46. The highest BCUT2D eigenvalue weighted by Crippen LogP contribution is 2.30. The van der Waals surface area contributed by atoms with Gasteiger partial charge in [-0.05, 0) is 44.0 Å². The molecule has 0 bridgehead atoms. The van der Waals surface area contributed by atoms with Crippen molar-refractivity contribution in [1.82, 2.24) is 4.90 Å². The van der Waals surface area contributed by atoms with Gasteiger partial charge in [-0.2, -0.15) is 0 Å². The van der Waals surface area contributed by atoms with Crippen molar-refractivity contribution in [3.05, 3.63) is 24.3 Å². The van der Waals surface area contributed by atoms with Crippen LogP contribution in [0, 0.1) is 5.41 Å². The van der Waals surface area contributed by atoms with E-state index in [-0.39, 0.29) is 12.6 Å². The Balaban J connectivity index is 2.00. The van der Waals surface area contributed by atoms with E-state index in [2.05, 4.69) is 5.32 Å². The molecule has 21 heavy (non-hydrogen) atoms. The summed E-state index contributed by atoms with van der Waals surface area (Å²) in [5, 5.41) is 12.1. The maximum atomic E-state index is 12.2. The summed E-state index contributed by atoms with van der Waals surface area (Å²) in [6, 6.07) is 6.74. The Labute approximate surface area is 123 Å². The van der Waals surface area contributed by atoms with E-state index in [1.807, 2.05) is 0 Å². The van der Waals surface area contributed by atoms with Crippen molar-refractivity contribution in [2.75, 3.05) is 25.5 Å². The summed E-state index contributed by atoms with van der Waals surface area (Å²) in [6.45, 7) is 2.48. The number of carboxylic acid groups (broad SMARTS) is 1. The highest BCUT2D eigenvalue weighted by Gasteiger charge is 2.39. The minimum Gasteiger partial charge on any atom is -0.497 e. The van der Waals surface area contributed by atoms with Crippen molar-refractivity contribution in [2.24, 2.45) is 5.41 Å². The highest BCUT2D eigenvalue weighted by atomic mass is 16.5. The lowest BCUT2D eigenvalue weighted by Gasteiger charge is -2.37. The number of nitrogens with one attached hydrogen (secondary N) is 1. The van der Waals surface area contributed by atoms with E-state index in [1.165, 1.54) is 0 Å². The van der Waals surface area contributed by atoms with E-state index in [1.54, 1.807) is 43.2 Å². The summed E-state index contributed by atoms with van der Waals surface area (Å²) in [5.74, 6) is -0.145. The zero-order chi connectivity index (χ0) is 15.5. The number of anilines is 1. The largest absolute Gasteiger partial charge is 0.497 e. The summed E-state index contributed by atoms with van der Waals surface area (Å²) in [7, 11) is 1.58. The zero-order valence-corrected chi connectivity index (χ0v) is 12.3. The summed E-state index contributed by atoms with van der Waals surface area (Å²) < 4.78 is 5.06. The summed E-state index contributed by atoms with van der Waals surface area (Å²) in [4.78, 5) is 25.1. The number of rotatable bonds is 3. The van der Waals surface area contributed by atoms with Crippen molar-refractivity contribution >= 4 is 17.7 Å². The number of urea groups is 1. The predicted octanol–water partition coefficient (Wildman–Crippen LogP) is 2.41. The van der Waals surface area contributed by atoms with E-state index < -0.39 is 11.4 Å². The maximum Gasteiger partial charge on any atom is 0.321 e. The number of ether oxygens (including phenoxy) is 1. The number of hydrogen-bond acceptors (Lipinski definition) is 3. The summed E-state index contributed by atoms with van der Waals surface area (Å²) in [5.41, 5.74) is -0.210. The monoisotopic (exact) mass is 292 g/mol. The van der Waals surface area contributed by atoms with Gasteiger partial charge in [-0.1, -0.05) is 0 Å². The quantitative estimate of drug-likeness (QED) is 0.896. The van der Waals surface area contributed by atoms with Crippen molar-refractivity contribution < 1.29 is 19.4 Å². The molecule has 1 saturated heterocycles. The fourth-order valence-electron chi connectivity index (χ4n) is 2.46. The second kappa shape index (κ2) is 6.03. The predicted molar refractivity (Wildman–Crippen MR) is 78.6 cm³/mol. The molecule has 1 fully saturated rings. The number of methoxy groups -OCH3 is 1. The first kappa shape index (κ1) is 15.2. The lowest BCUT2D eigenvalue weighted by atomic mass is 9.82. The van der Waals surface area contributed by atoms with Gasteiger partial charge in [0.05, 0.1) is 12.5 Å². The first-order valence-electron chi connectivity index (χ1n) is 6.88. The molecule has 0 aromatic heterocycles. The third-order valence-corrected chi connectivity index (χ3v) is 3.84. The summed E-state index contributed by atoms with van der Waals surface area (Å²) in [6.07, 6.45) is 1.29. The fraction of sp³-hybridized carbons (Fsp3) is 0.467. The molecular weight excluding hydrogens is 272 g/mol. The van der Waals surface area contributed by atoms with Gasteiger partial charge in [0, 0.05) is 18.8 Å². The molecule has 1 aromatic carbocycles. The van der Waals surface area contributed by atoms with Gasteiger partial charge in [-0.25, -0.2) is 4.79 Å². The molecule has 0 aliphatic carbocycles. The van der Waals surface area contributed by atoms with Crippen molar-refractivity contribution in [2.45, 2.75) is 19.8 Å². The van der Waals surface area contributed by atoms with Gasteiger partial charge in [0.2, 0.25) is 0 Å². The van der Waals surface area contributed by atoms with Crippen LogP contribution < -0.4 is 10.1 Å². The number of likely N-dealkylation sites (tertiary alicyclic amines) is 1. The lowest BCUT2D eigenvalue weighted by molar-refractivity contribution is -0.150. The Morgan fingerprint density at radius 2 is 2.00 bits per heavy atom. The van der Waals surface area contributed by atoms with Gasteiger partial charge in [0.1, 0.15) is 5.75 Å². The van der Waals surface area contributed by atoms with E-state index >= 15 is 0 Å². The molecule has 6 heteroatoms. The number of carbonyl (C=O) groups is 2. The number of carbonyl (C=O) groups excluding carboxylic acids is 1. The molecule has 2 N–H and O–H groups in total. The van der Waals surface area contributed by atoms with Crippen LogP contribution in [-0.4, -0.2) is 42.2 Å². The minimum absolute atomic E-state index is 0.227. The van der Waals surface area contributed by atoms with Gasteiger partial charge >= 0.3 is 12.0 Å². The second-order valence-electron chi connectivity index (χ2n) is 5.55. The number of benzene rings is 1. The van der Waals surface area contributed by atoms with Crippen LogP contribution in [0.5, 0.6) is 5.75 Å². The average molecular weight is 292 g/mol. The third-order valence-electron chi connectivity index (χ3n) is 3.84. The first-order valence-corrected chi connectivity index (χ1v) is 6.88. The number of hydrogen-bond donors (Lipinski definition) is 2. The lowest BCUT2D eigenvalue weighted by Crippen LogP contribution is -2.49. The summed E-state index contributed by atoms with van der Waals surface area (Å²) >= 11 is 0. The number of nitrogens with zero attached hydrogens (tertiary/aromatic N) is 1. The van der Waals surface area contributed by atoms with Crippen LogP contribution in [0.2, 0.25) is 0 Å². The molecule has 0 radical (unpaired) electrons. The minimum atomic E-state index is -0.866. The zero-order valence-electron chi connectivity index (χ0n) is 12.3. The smallest absolute Gasteiger partial charge is 0.321 e. The number of carboxylic acids is 1. The molecule has 1 aromatic rings. The van der Waals surface area contributed by atoms with Crippen molar-refractivity contribution in [1.29, 1.82) is 0 Å². The van der Waals surface area contributed by atoms with Crippen molar-refractivity contribution in [3.63, 3.8) is 0 Å². The molecule has 1 unspecified atom stereocenters. The van der Waals surface area contributed by atoms with Crippen LogP contribution >= 0.6 is 0 Å². The molecule has 0 spiro atoms. The van der Waals surface area contributed by atoms with E-state index in [9.17, 15) is 14.7 Å². The van der Waals surface area contributed by atoms with Crippen molar-refractivity contribution in [3.8, 4) is 5.75 Å². The number of piperidine rings is 1. The Morgan fingerprint density at radius 1 is 1.33 bits per heavy atom. The highest BCUT2D eigenvalue weighted by molar-refractivity contribution is 5.90. The van der Waals surface area contributed by atoms with Gasteiger partial charge in [0.25, 0.3) is 0 Å². The van der Waals surface area contributed by atoms with Crippen LogP contribution in [0.1, 0.15) is 19.8 Å². The standard InChI is InChI=1S/C15H20N2O4/c1-15(13(18)19)8-3-9-17(10-15)14(20)16-11-4-6-12(21-2)7-5-11/h4-7H,3,8-10H2,1-2H3,(H,16,20)(H,18,19). The molecule has 0 saturated carbocycles. The SMILES string of the molecule is COc1ccc(NC(=O)N2CCCC(C)(C(=O)O)C2)cc1. The average Bonchev–Trinajstić information content (AvgIpc) is 2.48. The molecule has 1 aliphatic heterocycles. The molecule has 1 heterocycles. The van der Waals surface area contributed by atoms with Crippen LogP contribution in [-0.2, 0) is 4.79 Å². The molecule has 2 rings (SSSR count). The van der Waals surface area contributed by atoms with E-state index in [0.29, 0.717) is 30.8 Å². The molecule has 6 nitrogen and oxygen atoms in total. The van der Waals surface area contributed by atoms with Gasteiger partial charge in [0.15, 0.2) is 0 Å². The van der Waals surface area contributed by atoms with Crippen LogP contribution in [0.4, 0.5) is 10.5 Å². The molecule has 1 atom stereocenters. The molecule has 1 aliphatic rings. The Kier molecular flexibility index (Phi) is 4.35. The van der Waals surface area contributed by atoms with Gasteiger partial charge in [-0.15, -0.1) is 0 Å². The van der Waals surface area contributed by atoms with Crippen LogP contribution in [0.15, 0.2) is 24.3 Å². The van der Waals surface area contributed by atoms with Gasteiger partial charge < -0.3 is 20.1 Å². The Hall–Kier alpha value is -2.24.